The fraction of sp³-hybridized carbons (Fsp3) is 0. The number of hydrogen-bond acceptors (Lipinski definition) is 4. The molecule has 0 saturated heterocycles. The molecule has 0 spiro atoms. The minimum Gasteiger partial charge on any atom is -0.423 e. The van der Waals surface area contributed by atoms with E-state index < -0.39 is 5.97 Å². The van der Waals surface area contributed by atoms with Crippen molar-refractivity contribution in [1.29, 1.82) is 0 Å². The first-order valence-electron chi connectivity index (χ1n) is 7.63. The van der Waals surface area contributed by atoms with Crippen molar-refractivity contribution >= 4 is 28.5 Å². The van der Waals surface area contributed by atoms with E-state index in [1.54, 1.807) is 36.4 Å². The Morgan fingerprint density at radius 1 is 0.960 bits per heavy atom. The molecule has 1 aromatic heterocycles. The summed E-state index contributed by atoms with van der Waals surface area (Å²) in [5.74, 6) is -0.0992. The third-order valence-corrected chi connectivity index (χ3v) is 4.00. The minimum absolute atomic E-state index is 0.383. The molecular formula is C20H12ClNO3. The zero-order chi connectivity index (χ0) is 17.2. The summed E-state index contributed by atoms with van der Waals surface area (Å²) in [5, 5.41) is 5.46. The monoisotopic (exact) mass is 349 g/mol. The Balaban J connectivity index is 1.63. The molecule has 25 heavy (non-hydrogen) atoms. The molecule has 0 bridgehead atoms. The standard InChI is InChI=1S/C20H12ClNO3/c21-15-8-4-7-14(11-15)20(23)24-16-9-10-17-18(12-16)25-22-19(17)13-5-2-1-3-6-13/h1-12H. The van der Waals surface area contributed by atoms with E-state index in [4.69, 9.17) is 20.9 Å². The lowest BCUT2D eigenvalue weighted by Gasteiger charge is -2.04. The molecule has 4 nitrogen and oxygen atoms in total. The lowest BCUT2D eigenvalue weighted by atomic mass is 10.1. The fourth-order valence-electron chi connectivity index (χ4n) is 2.57. The Morgan fingerprint density at radius 3 is 2.60 bits per heavy atom. The first-order chi connectivity index (χ1) is 12.2. The summed E-state index contributed by atoms with van der Waals surface area (Å²) in [7, 11) is 0. The van der Waals surface area contributed by atoms with Crippen LogP contribution in [0, 0.1) is 0 Å². The van der Waals surface area contributed by atoms with Gasteiger partial charge < -0.3 is 9.26 Å². The van der Waals surface area contributed by atoms with E-state index in [0.717, 1.165) is 16.6 Å². The molecule has 4 aromatic rings. The minimum atomic E-state index is -0.482. The summed E-state index contributed by atoms with van der Waals surface area (Å²) in [6.45, 7) is 0. The van der Waals surface area contributed by atoms with Gasteiger partial charge in [-0.1, -0.05) is 53.2 Å². The summed E-state index contributed by atoms with van der Waals surface area (Å²) in [6, 6.07) is 21.6. The second kappa shape index (κ2) is 6.42. The molecule has 3 aromatic carbocycles. The Labute approximate surface area is 148 Å². The Hall–Kier alpha value is -3.11. The molecule has 5 heteroatoms. The average molecular weight is 350 g/mol. The maximum Gasteiger partial charge on any atom is 0.343 e. The van der Waals surface area contributed by atoms with Crippen molar-refractivity contribution in [3.63, 3.8) is 0 Å². The summed E-state index contributed by atoms with van der Waals surface area (Å²) >= 11 is 5.90. The number of benzene rings is 3. The van der Waals surface area contributed by atoms with E-state index in [2.05, 4.69) is 5.16 Å². The Kier molecular flexibility index (Phi) is 3.96. The van der Waals surface area contributed by atoms with Crippen LogP contribution in [-0.4, -0.2) is 11.1 Å². The molecule has 0 atom stereocenters. The molecule has 0 radical (unpaired) electrons. The van der Waals surface area contributed by atoms with E-state index in [1.165, 1.54) is 0 Å². The Bertz CT molecular complexity index is 1060. The molecule has 0 N–H and O–H groups in total. The van der Waals surface area contributed by atoms with Crippen molar-refractivity contribution < 1.29 is 14.1 Å². The van der Waals surface area contributed by atoms with Crippen molar-refractivity contribution in [3.8, 4) is 17.0 Å². The highest BCUT2D eigenvalue weighted by Gasteiger charge is 2.13. The van der Waals surface area contributed by atoms with Crippen molar-refractivity contribution in [2.75, 3.05) is 0 Å². The largest absolute Gasteiger partial charge is 0.423 e. The lowest BCUT2D eigenvalue weighted by Crippen LogP contribution is -2.08. The van der Waals surface area contributed by atoms with Crippen LogP contribution in [0.5, 0.6) is 5.75 Å². The van der Waals surface area contributed by atoms with Gasteiger partial charge in [0.25, 0.3) is 0 Å². The first-order valence-corrected chi connectivity index (χ1v) is 8.01. The average Bonchev–Trinajstić information content (AvgIpc) is 3.05. The van der Waals surface area contributed by atoms with Crippen molar-refractivity contribution in [2.24, 2.45) is 0 Å². The number of hydrogen-bond donors (Lipinski definition) is 0. The van der Waals surface area contributed by atoms with Gasteiger partial charge >= 0.3 is 5.97 Å². The molecule has 0 aliphatic rings. The van der Waals surface area contributed by atoms with Crippen LogP contribution >= 0.6 is 11.6 Å². The van der Waals surface area contributed by atoms with Gasteiger partial charge in [0.2, 0.25) is 0 Å². The van der Waals surface area contributed by atoms with E-state index in [-0.39, 0.29) is 0 Å². The third-order valence-electron chi connectivity index (χ3n) is 3.76. The van der Waals surface area contributed by atoms with Gasteiger partial charge in [-0.05, 0) is 30.3 Å². The number of rotatable bonds is 3. The maximum absolute atomic E-state index is 12.2. The molecule has 4 rings (SSSR count). The van der Waals surface area contributed by atoms with Crippen LogP contribution in [0.25, 0.3) is 22.2 Å². The number of esters is 1. The summed E-state index contributed by atoms with van der Waals surface area (Å²) in [4.78, 5) is 12.2. The predicted molar refractivity (Wildman–Crippen MR) is 95.9 cm³/mol. The molecule has 0 fully saturated rings. The molecule has 0 saturated carbocycles. The maximum atomic E-state index is 12.2. The Morgan fingerprint density at radius 2 is 1.80 bits per heavy atom. The van der Waals surface area contributed by atoms with Crippen molar-refractivity contribution in [2.45, 2.75) is 0 Å². The molecule has 0 aliphatic carbocycles. The highest BCUT2D eigenvalue weighted by Crippen LogP contribution is 2.30. The van der Waals surface area contributed by atoms with Gasteiger partial charge in [0, 0.05) is 22.0 Å². The molecular weight excluding hydrogens is 338 g/mol. The number of ether oxygens (including phenoxy) is 1. The van der Waals surface area contributed by atoms with Gasteiger partial charge in [0.1, 0.15) is 11.4 Å². The quantitative estimate of drug-likeness (QED) is 0.368. The van der Waals surface area contributed by atoms with Crippen LogP contribution in [0.1, 0.15) is 10.4 Å². The zero-order valence-corrected chi connectivity index (χ0v) is 13.7. The van der Waals surface area contributed by atoms with Gasteiger partial charge in [0.15, 0.2) is 5.58 Å². The van der Waals surface area contributed by atoms with Crippen LogP contribution in [0.2, 0.25) is 5.02 Å². The van der Waals surface area contributed by atoms with Gasteiger partial charge in [-0.15, -0.1) is 0 Å². The highest BCUT2D eigenvalue weighted by atomic mass is 35.5. The molecule has 0 unspecified atom stereocenters. The number of aromatic nitrogens is 1. The van der Waals surface area contributed by atoms with Gasteiger partial charge in [0.05, 0.1) is 5.56 Å². The van der Waals surface area contributed by atoms with Crippen LogP contribution in [0.4, 0.5) is 0 Å². The van der Waals surface area contributed by atoms with Crippen LogP contribution in [-0.2, 0) is 0 Å². The van der Waals surface area contributed by atoms with Gasteiger partial charge in [-0.2, -0.15) is 0 Å². The van der Waals surface area contributed by atoms with E-state index in [9.17, 15) is 4.79 Å². The molecule has 0 aliphatic heterocycles. The third kappa shape index (κ3) is 3.12. The molecule has 0 amide bonds. The highest BCUT2D eigenvalue weighted by molar-refractivity contribution is 6.30. The number of halogens is 1. The van der Waals surface area contributed by atoms with Crippen LogP contribution in [0.3, 0.4) is 0 Å². The SMILES string of the molecule is O=C(Oc1ccc2c(-c3ccccc3)noc2c1)c1cccc(Cl)c1. The van der Waals surface area contributed by atoms with E-state index in [1.807, 2.05) is 36.4 Å². The summed E-state index contributed by atoms with van der Waals surface area (Å²) < 4.78 is 10.8. The summed E-state index contributed by atoms with van der Waals surface area (Å²) in [5.41, 5.74) is 2.65. The second-order valence-corrected chi connectivity index (χ2v) is 5.89. The number of nitrogens with zero attached hydrogens (tertiary/aromatic N) is 1. The topological polar surface area (TPSA) is 52.3 Å². The van der Waals surface area contributed by atoms with Gasteiger partial charge in [-0.25, -0.2) is 4.79 Å². The van der Waals surface area contributed by atoms with E-state index in [0.29, 0.717) is 21.9 Å². The summed E-state index contributed by atoms with van der Waals surface area (Å²) in [6.07, 6.45) is 0. The van der Waals surface area contributed by atoms with Crippen molar-refractivity contribution in [3.05, 3.63) is 83.4 Å². The van der Waals surface area contributed by atoms with Crippen molar-refractivity contribution in [1.82, 2.24) is 5.16 Å². The molecule has 1 heterocycles. The number of carbonyl (C=O) groups excluding carboxylic acids is 1. The van der Waals surface area contributed by atoms with Crippen LogP contribution in [0.15, 0.2) is 77.3 Å². The first kappa shape index (κ1) is 15.4. The zero-order valence-electron chi connectivity index (χ0n) is 13.0. The molecule has 122 valence electrons. The smallest absolute Gasteiger partial charge is 0.343 e. The van der Waals surface area contributed by atoms with Crippen LogP contribution < -0.4 is 4.74 Å². The fourth-order valence-corrected chi connectivity index (χ4v) is 2.76. The predicted octanol–water partition coefficient (Wildman–Crippen LogP) is 5.37. The normalized spacial score (nSPS) is 10.8. The number of carbonyl (C=O) groups is 1. The number of fused-ring (bicyclic) bond motifs is 1. The van der Waals surface area contributed by atoms with Gasteiger partial charge in [-0.3, -0.25) is 0 Å². The second-order valence-electron chi connectivity index (χ2n) is 5.46. The lowest BCUT2D eigenvalue weighted by molar-refractivity contribution is 0.0735. The van der Waals surface area contributed by atoms with E-state index >= 15 is 0 Å².